The summed E-state index contributed by atoms with van der Waals surface area (Å²) in [5.74, 6) is -2.87. The van der Waals surface area contributed by atoms with Crippen LogP contribution in [0.25, 0.3) is 0 Å². The molecule has 0 bridgehead atoms. The Morgan fingerprint density at radius 3 is 2.21 bits per heavy atom. The third-order valence-corrected chi connectivity index (χ3v) is 5.03. The SMILES string of the molecule is Cc1ccc(C(=O)c2ccc(C(C)c3c(F)cc(NS(N)(=O)=O)cc3F)[nH]2)cc1. The molecule has 1 unspecified atom stereocenters. The van der Waals surface area contributed by atoms with Crippen LogP contribution in [0.3, 0.4) is 0 Å². The second kappa shape index (κ2) is 7.76. The maximum absolute atomic E-state index is 14.5. The summed E-state index contributed by atoms with van der Waals surface area (Å²) in [6, 6.07) is 11.9. The van der Waals surface area contributed by atoms with E-state index in [0.717, 1.165) is 17.7 Å². The minimum Gasteiger partial charge on any atom is -0.355 e. The number of anilines is 1. The number of aromatic nitrogens is 1. The Morgan fingerprint density at radius 2 is 1.66 bits per heavy atom. The molecule has 1 aromatic heterocycles. The molecule has 0 spiro atoms. The Balaban J connectivity index is 1.89. The number of halogens is 2. The molecule has 0 aliphatic heterocycles. The second-order valence-corrected chi connectivity index (χ2v) is 8.04. The van der Waals surface area contributed by atoms with Crippen molar-refractivity contribution in [3.8, 4) is 0 Å². The quantitative estimate of drug-likeness (QED) is 0.532. The number of carbonyl (C=O) groups is 1. The molecule has 152 valence electrons. The van der Waals surface area contributed by atoms with Gasteiger partial charge in [0.05, 0.1) is 11.4 Å². The number of benzene rings is 2. The first-order valence-electron chi connectivity index (χ1n) is 8.65. The monoisotopic (exact) mass is 419 g/mol. The zero-order chi connectivity index (χ0) is 21.3. The topological polar surface area (TPSA) is 105 Å². The first-order chi connectivity index (χ1) is 13.5. The van der Waals surface area contributed by atoms with Crippen LogP contribution < -0.4 is 9.86 Å². The fourth-order valence-corrected chi connectivity index (χ4v) is 3.48. The number of hydrogen-bond donors (Lipinski definition) is 3. The first kappa shape index (κ1) is 20.7. The van der Waals surface area contributed by atoms with Gasteiger partial charge in [0.15, 0.2) is 0 Å². The fourth-order valence-electron chi connectivity index (χ4n) is 3.03. The van der Waals surface area contributed by atoms with Gasteiger partial charge >= 0.3 is 0 Å². The largest absolute Gasteiger partial charge is 0.355 e. The average Bonchev–Trinajstić information content (AvgIpc) is 3.09. The van der Waals surface area contributed by atoms with Gasteiger partial charge in [-0.2, -0.15) is 8.42 Å². The average molecular weight is 419 g/mol. The highest BCUT2D eigenvalue weighted by Gasteiger charge is 2.22. The van der Waals surface area contributed by atoms with Crippen molar-refractivity contribution in [3.63, 3.8) is 0 Å². The number of nitrogens with one attached hydrogen (secondary N) is 2. The second-order valence-electron chi connectivity index (χ2n) is 6.74. The summed E-state index contributed by atoms with van der Waals surface area (Å²) in [6.45, 7) is 3.48. The Morgan fingerprint density at radius 1 is 1.07 bits per heavy atom. The van der Waals surface area contributed by atoms with Gasteiger partial charge in [0.2, 0.25) is 5.78 Å². The lowest BCUT2D eigenvalue weighted by molar-refractivity contribution is 0.103. The van der Waals surface area contributed by atoms with Crippen molar-refractivity contribution >= 4 is 21.7 Å². The number of hydrogen-bond acceptors (Lipinski definition) is 3. The first-order valence-corrected chi connectivity index (χ1v) is 10.2. The zero-order valence-corrected chi connectivity index (χ0v) is 16.5. The lowest BCUT2D eigenvalue weighted by Crippen LogP contribution is -2.22. The number of aromatic amines is 1. The third kappa shape index (κ3) is 4.69. The molecule has 9 heteroatoms. The number of nitrogens with two attached hydrogens (primary N) is 1. The lowest BCUT2D eigenvalue weighted by atomic mass is 9.96. The number of H-pyrrole nitrogens is 1. The van der Waals surface area contributed by atoms with Gasteiger partial charge in [0.25, 0.3) is 10.2 Å². The molecule has 3 rings (SSSR count). The summed E-state index contributed by atoms with van der Waals surface area (Å²) in [4.78, 5) is 15.5. The molecular formula is C20H19F2N3O3S. The lowest BCUT2D eigenvalue weighted by Gasteiger charge is -2.14. The van der Waals surface area contributed by atoms with E-state index in [1.54, 1.807) is 31.2 Å². The molecule has 0 aliphatic carbocycles. The molecule has 6 nitrogen and oxygen atoms in total. The van der Waals surface area contributed by atoms with E-state index in [-0.39, 0.29) is 17.0 Å². The van der Waals surface area contributed by atoms with E-state index < -0.39 is 27.8 Å². The Labute approximate surface area is 166 Å². The molecular weight excluding hydrogens is 400 g/mol. The van der Waals surface area contributed by atoms with Crippen LogP contribution in [0, 0.1) is 18.6 Å². The van der Waals surface area contributed by atoms with Crippen LogP contribution in [0.1, 0.15) is 45.7 Å². The van der Waals surface area contributed by atoms with Gasteiger partial charge in [-0.05, 0) is 31.2 Å². The fraction of sp³-hybridized carbons (Fsp3) is 0.150. The summed E-state index contributed by atoms with van der Waals surface area (Å²) in [6.07, 6.45) is 0. The van der Waals surface area contributed by atoms with Gasteiger partial charge in [-0.15, -0.1) is 0 Å². The molecule has 2 aromatic carbocycles. The minimum absolute atomic E-state index is 0.239. The summed E-state index contributed by atoms with van der Waals surface area (Å²) in [7, 11) is -4.16. The predicted molar refractivity (Wildman–Crippen MR) is 106 cm³/mol. The van der Waals surface area contributed by atoms with Gasteiger partial charge in [-0.1, -0.05) is 36.8 Å². The molecule has 0 saturated heterocycles. The Hall–Kier alpha value is -3.04. The van der Waals surface area contributed by atoms with Crippen LogP contribution in [0.5, 0.6) is 0 Å². The Kier molecular flexibility index (Phi) is 5.54. The minimum atomic E-state index is -4.16. The normalized spacial score (nSPS) is 12.6. The smallest absolute Gasteiger partial charge is 0.296 e. The van der Waals surface area contributed by atoms with Gasteiger partial charge in [-0.25, -0.2) is 13.9 Å². The standard InChI is InChI=1S/C20H19F2N3O3S/c1-11-3-5-13(6-4-11)20(26)18-8-7-17(24-18)12(2)19-15(21)9-14(10-16(19)22)25-29(23,27)28/h3-10,12,24-25H,1-2H3,(H2,23,27,28). The summed E-state index contributed by atoms with van der Waals surface area (Å²) >= 11 is 0. The van der Waals surface area contributed by atoms with Gasteiger partial charge in [0.1, 0.15) is 11.6 Å². The molecule has 29 heavy (non-hydrogen) atoms. The zero-order valence-electron chi connectivity index (χ0n) is 15.7. The van der Waals surface area contributed by atoms with Crippen LogP contribution in [0.2, 0.25) is 0 Å². The van der Waals surface area contributed by atoms with Crippen molar-refractivity contribution < 1.29 is 22.0 Å². The molecule has 0 aliphatic rings. The van der Waals surface area contributed by atoms with Crippen LogP contribution in [0.15, 0.2) is 48.5 Å². The van der Waals surface area contributed by atoms with E-state index >= 15 is 0 Å². The Bertz CT molecular complexity index is 1150. The van der Waals surface area contributed by atoms with Crippen molar-refractivity contribution in [2.24, 2.45) is 5.14 Å². The molecule has 0 radical (unpaired) electrons. The maximum Gasteiger partial charge on any atom is 0.296 e. The van der Waals surface area contributed by atoms with Gasteiger partial charge < -0.3 is 4.98 Å². The van der Waals surface area contributed by atoms with Crippen molar-refractivity contribution in [2.75, 3.05) is 4.72 Å². The van der Waals surface area contributed by atoms with E-state index in [2.05, 4.69) is 4.98 Å². The van der Waals surface area contributed by atoms with Crippen LogP contribution in [0.4, 0.5) is 14.5 Å². The molecule has 4 N–H and O–H groups in total. The molecule has 1 atom stereocenters. The third-order valence-electron chi connectivity index (χ3n) is 4.51. The van der Waals surface area contributed by atoms with Crippen LogP contribution in [-0.4, -0.2) is 19.2 Å². The predicted octanol–water partition coefficient (Wildman–Crippen LogP) is 3.60. The van der Waals surface area contributed by atoms with Gasteiger partial charge in [-0.3, -0.25) is 9.52 Å². The van der Waals surface area contributed by atoms with Crippen LogP contribution in [-0.2, 0) is 10.2 Å². The van der Waals surface area contributed by atoms with E-state index in [0.29, 0.717) is 17.0 Å². The van der Waals surface area contributed by atoms with E-state index in [4.69, 9.17) is 5.14 Å². The number of rotatable bonds is 6. The van der Waals surface area contributed by atoms with Crippen molar-refractivity contribution in [3.05, 3.63) is 88.2 Å². The van der Waals surface area contributed by atoms with Crippen molar-refractivity contribution in [1.82, 2.24) is 4.98 Å². The van der Waals surface area contributed by atoms with Gasteiger partial charge in [0, 0.05) is 22.7 Å². The molecule has 0 saturated carbocycles. The summed E-state index contributed by atoms with van der Waals surface area (Å²) < 4.78 is 52.9. The number of carbonyl (C=O) groups excluding carboxylic acids is 1. The van der Waals surface area contributed by atoms with Crippen LogP contribution >= 0.6 is 0 Å². The molecule has 3 aromatic rings. The van der Waals surface area contributed by atoms with E-state index in [1.165, 1.54) is 0 Å². The highest BCUT2D eigenvalue weighted by Crippen LogP contribution is 2.31. The summed E-state index contributed by atoms with van der Waals surface area (Å²) in [5, 5.41) is 4.82. The number of aryl methyl sites for hydroxylation is 1. The maximum atomic E-state index is 14.5. The number of ketones is 1. The highest BCUT2D eigenvalue weighted by atomic mass is 32.2. The summed E-state index contributed by atoms with van der Waals surface area (Å²) in [5.41, 5.74) is 1.66. The van der Waals surface area contributed by atoms with Crippen molar-refractivity contribution in [1.29, 1.82) is 0 Å². The molecule has 0 fully saturated rings. The molecule has 0 amide bonds. The van der Waals surface area contributed by atoms with E-state index in [1.807, 2.05) is 23.8 Å². The van der Waals surface area contributed by atoms with E-state index in [9.17, 15) is 22.0 Å². The van der Waals surface area contributed by atoms with Crippen molar-refractivity contribution in [2.45, 2.75) is 19.8 Å². The highest BCUT2D eigenvalue weighted by molar-refractivity contribution is 7.90. The molecule has 1 heterocycles.